The fourth-order valence-corrected chi connectivity index (χ4v) is 7.49. The Hall–Kier alpha value is -1.63. The van der Waals surface area contributed by atoms with Gasteiger partial charge in [0.15, 0.2) is 17.7 Å². The third-order valence-electron chi connectivity index (χ3n) is 9.29. The van der Waals surface area contributed by atoms with E-state index in [2.05, 4.69) is 6.92 Å². The van der Waals surface area contributed by atoms with E-state index in [1.54, 1.807) is 32.9 Å². The molecule has 6 heteroatoms. The van der Waals surface area contributed by atoms with Crippen molar-refractivity contribution in [1.29, 1.82) is 0 Å². The average Bonchev–Trinajstić information content (AvgIpc) is 2.97. The van der Waals surface area contributed by atoms with Crippen molar-refractivity contribution < 1.29 is 29.7 Å². The second-order valence-electron chi connectivity index (χ2n) is 12.0. The van der Waals surface area contributed by atoms with Gasteiger partial charge in [0, 0.05) is 22.2 Å². The summed E-state index contributed by atoms with van der Waals surface area (Å²) in [6, 6.07) is 0. The summed E-state index contributed by atoms with van der Waals surface area (Å²) in [5.74, 6) is -1.52. The highest BCUT2D eigenvalue weighted by Gasteiger charge is 2.69. The molecule has 0 aromatic heterocycles. The molecule has 0 bridgehead atoms. The van der Waals surface area contributed by atoms with Crippen molar-refractivity contribution in [3.05, 3.63) is 23.8 Å². The number of allylic oxidation sites excluding steroid dienone is 4. The Morgan fingerprint density at radius 1 is 1.19 bits per heavy atom. The topological polar surface area (TPSA) is 112 Å². The van der Waals surface area contributed by atoms with Crippen molar-refractivity contribution >= 4 is 17.3 Å². The van der Waals surface area contributed by atoms with Gasteiger partial charge in [-0.1, -0.05) is 46.3 Å². The summed E-state index contributed by atoms with van der Waals surface area (Å²) < 4.78 is 0. The minimum Gasteiger partial charge on any atom is -0.393 e. The molecule has 3 fully saturated rings. The van der Waals surface area contributed by atoms with Crippen LogP contribution in [0.4, 0.5) is 0 Å². The lowest BCUT2D eigenvalue weighted by Gasteiger charge is -2.59. The minimum absolute atomic E-state index is 0.0220. The predicted octanol–water partition coefficient (Wildman–Crippen LogP) is 2.54. The van der Waals surface area contributed by atoms with Crippen LogP contribution in [0.3, 0.4) is 0 Å². The largest absolute Gasteiger partial charge is 0.393 e. The Kier molecular flexibility index (Phi) is 5.28. The van der Waals surface area contributed by atoms with Crippen molar-refractivity contribution in [1.82, 2.24) is 0 Å². The molecule has 1 unspecified atom stereocenters. The highest BCUT2D eigenvalue weighted by Crippen LogP contribution is 2.67. The second kappa shape index (κ2) is 7.18. The summed E-state index contributed by atoms with van der Waals surface area (Å²) in [5, 5.41) is 33.7. The second-order valence-corrected chi connectivity index (χ2v) is 12.0. The first-order chi connectivity index (χ1) is 14.7. The number of aliphatic hydroxyl groups is 3. The predicted molar refractivity (Wildman–Crippen MR) is 118 cm³/mol. The molecule has 0 aromatic rings. The molecule has 4 aliphatic rings. The van der Waals surface area contributed by atoms with Gasteiger partial charge in [-0.2, -0.15) is 0 Å². The highest BCUT2D eigenvalue weighted by molar-refractivity contribution is 6.10. The van der Waals surface area contributed by atoms with Crippen LogP contribution in [-0.2, 0) is 14.4 Å². The van der Waals surface area contributed by atoms with Crippen molar-refractivity contribution in [2.75, 3.05) is 0 Å². The van der Waals surface area contributed by atoms with E-state index in [1.807, 2.05) is 13.0 Å². The number of rotatable bonds is 3. The van der Waals surface area contributed by atoms with Gasteiger partial charge < -0.3 is 15.3 Å². The molecule has 0 radical (unpaired) electrons. The summed E-state index contributed by atoms with van der Waals surface area (Å²) in [6.45, 7) is 8.83. The summed E-state index contributed by atoms with van der Waals surface area (Å²) >= 11 is 0. The quantitative estimate of drug-likeness (QED) is 0.577. The fraction of sp³-hybridized carbons (Fsp3) is 0.731. The average molecular weight is 445 g/mol. The molecule has 3 saturated carbocycles. The lowest BCUT2D eigenvalue weighted by atomic mass is 9.46. The van der Waals surface area contributed by atoms with E-state index in [4.69, 9.17) is 0 Å². The van der Waals surface area contributed by atoms with E-state index >= 15 is 0 Å². The van der Waals surface area contributed by atoms with E-state index in [-0.39, 0.29) is 36.4 Å². The lowest BCUT2D eigenvalue weighted by molar-refractivity contribution is -0.184. The van der Waals surface area contributed by atoms with Crippen LogP contribution in [-0.4, -0.2) is 50.5 Å². The van der Waals surface area contributed by atoms with Crippen molar-refractivity contribution in [2.24, 2.45) is 34.0 Å². The summed E-state index contributed by atoms with van der Waals surface area (Å²) in [5.41, 5.74) is -3.09. The molecule has 8 atom stereocenters. The van der Waals surface area contributed by atoms with Crippen LogP contribution in [0.25, 0.3) is 0 Å². The van der Waals surface area contributed by atoms with Crippen LogP contribution in [0.2, 0.25) is 0 Å². The molecule has 3 N–H and O–H groups in total. The van der Waals surface area contributed by atoms with Crippen molar-refractivity contribution in [3.8, 4) is 0 Å². The van der Waals surface area contributed by atoms with Crippen LogP contribution in [0.5, 0.6) is 0 Å². The molecule has 0 aromatic carbocycles. The molecular formula is C26H36O6. The molecule has 4 rings (SSSR count). The van der Waals surface area contributed by atoms with Crippen molar-refractivity contribution in [2.45, 2.75) is 84.5 Å². The number of hydrogen-bond donors (Lipinski definition) is 3. The molecule has 32 heavy (non-hydrogen) atoms. The van der Waals surface area contributed by atoms with Crippen LogP contribution < -0.4 is 0 Å². The summed E-state index contributed by atoms with van der Waals surface area (Å²) in [4.78, 5) is 37.9. The standard InChI is InChI=1S/C26H36O6/c1-23(2,3)21(30)20(29)22(31)26(32)11-9-17-16-7-6-14-12-15(27)8-10-24(14,4)19(16)18(28)13-25(17,26)5/h8,10,12,16-20,28-29,32H,6-7,9,11,13H2,1-5H3/t16-,17-,18-,19+,20?,24-,25-,26-/m0/s1. The number of hydrogen-bond acceptors (Lipinski definition) is 6. The van der Waals surface area contributed by atoms with Gasteiger partial charge >= 0.3 is 0 Å². The SMILES string of the molecule is CC(C)(C)C(=O)C(O)C(=O)[C@@]1(O)CC[C@H]2[C@@H]3CCC4=CC(=O)C=C[C@]4(C)[C@H]3[C@@H](O)C[C@@]21C. The van der Waals surface area contributed by atoms with Gasteiger partial charge in [-0.3, -0.25) is 14.4 Å². The van der Waals surface area contributed by atoms with Crippen LogP contribution in [0.1, 0.15) is 66.7 Å². The molecule has 0 spiro atoms. The molecular weight excluding hydrogens is 408 g/mol. The van der Waals surface area contributed by atoms with Crippen LogP contribution in [0, 0.1) is 34.0 Å². The van der Waals surface area contributed by atoms with Gasteiger partial charge in [0.25, 0.3) is 0 Å². The van der Waals surface area contributed by atoms with Gasteiger partial charge in [0.1, 0.15) is 5.60 Å². The monoisotopic (exact) mass is 444 g/mol. The summed E-state index contributed by atoms with van der Waals surface area (Å²) in [7, 11) is 0. The minimum atomic E-state index is -1.88. The Morgan fingerprint density at radius 3 is 2.47 bits per heavy atom. The molecule has 4 aliphatic carbocycles. The van der Waals surface area contributed by atoms with Gasteiger partial charge in [0.05, 0.1) is 6.10 Å². The van der Waals surface area contributed by atoms with Crippen LogP contribution >= 0.6 is 0 Å². The smallest absolute Gasteiger partial charge is 0.200 e. The number of Topliss-reactive ketones (excluding diaryl/α,β-unsaturated/α-hetero) is 2. The Bertz CT molecular complexity index is 925. The number of ketones is 3. The molecule has 0 heterocycles. The maximum atomic E-state index is 13.3. The third kappa shape index (κ3) is 3.06. The molecule has 0 amide bonds. The first-order valence-electron chi connectivity index (χ1n) is 11.8. The van der Waals surface area contributed by atoms with Gasteiger partial charge in [0.2, 0.25) is 5.78 Å². The van der Waals surface area contributed by atoms with Gasteiger partial charge in [-0.05, 0) is 56.1 Å². The van der Waals surface area contributed by atoms with E-state index in [0.717, 1.165) is 18.4 Å². The van der Waals surface area contributed by atoms with Crippen molar-refractivity contribution in [3.63, 3.8) is 0 Å². The summed E-state index contributed by atoms with van der Waals surface area (Å²) in [6.07, 6.45) is 5.04. The number of fused-ring (bicyclic) bond motifs is 5. The highest BCUT2D eigenvalue weighted by atomic mass is 16.3. The molecule has 6 nitrogen and oxygen atoms in total. The molecule has 0 aliphatic heterocycles. The van der Waals surface area contributed by atoms with E-state index < -0.39 is 45.6 Å². The third-order valence-corrected chi connectivity index (χ3v) is 9.29. The lowest BCUT2D eigenvalue weighted by Crippen LogP contribution is -2.63. The first kappa shape index (κ1) is 23.5. The van der Waals surface area contributed by atoms with E-state index in [1.165, 1.54) is 0 Å². The van der Waals surface area contributed by atoms with Gasteiger partial charge in [-0.15, -0.1) is 0 Å². The Labute approximate surface area is 189 Å². The Balaban J connectivity index is 1.68. The van der Waals surface area contributed by atoms with E-state index in [9.17, 15) is 29.7 Å². The zero-order valence-corrected chi connectivity index (χ0v) is 19.7. The van der Waals surface area contributed by atoms with Crippen LogP contribution in [0.15, 0.2) is 23.8 Å². The zero-order chi connectivity index (χ0) is 23.9. The Morgan fingerprint density at radius 2 is 1.84 bits per heavy atom. The molecule has 0 saturated heterocycles. The number of aliphatic hydroxyl groups excluding tert-OH is 2. The normalized spacial score (nSPS) is 44.2. The zero-order valence-electron chi connectivity index (χ0n) is 19.7. The number of carbonyl (C=O) groups is 3. The maximum Gasteiger partial charge on any atom is 0.200 e. The fourth-order valence-electron chi connectivity index (χ4n) is 7.49. The van der Waals surface area contributed by atoms with E-state index in [0.29, 0.717) is 6.42 Å². The number of carbonyl (C=O) groups excluding carboxylic acids is 3. The maximum absolute atomic E-state index is 13.3. The first-order valence-corrected chi connectivity index (χ1v) is 11.8. The molecule has 176 valence electrons. The van der Waals surface area contributed by atoms with Gasteiger partial charge in [-0.25, -0.2) is 0 Å².